The Balaban J connectivity index is 1.73. The Morgan fingerprint density at radius 2 is 1.51 bits per heavy atom. The molecule has 1 aliphatic carbocycles. The summed E-state index contributed by atoms with van der Waals surface area (Å²) in [4.78, 5) is 0. The van der Waals surface area contributed by atoms with Crippen molar-refractivity contribution in [2.45, 2.75) is 129 Å². The van der Waals surface area contributed by atoms with Gasteiger partial charge in [-0.15, -0.1) is 0 Å². The second-order valence-corrected chi connectivity index (χ2v) is 25.6. The molecule has 1 unspecified atom stereocenters. The van der Waals surface area contributed by atoms with Gasteiger partial charge in [-0.05, 0) is 71.2 Å². The van der Waals surface area contributed by atoms with Crippen LogP contribution in [0.25, 0.3) is 0 Å². The van der Waals surface area contributed by atoms with Gasteiger partial charge in [0.2, 0.25) is 0 Å². The molecule has 1 spiro atoms. The topological polar surface area (TPSA) is 57.2 Å². The average molecular weight is 679 g/mol. The van der Waals surface area contributed by atoms with Crippen LogP contribution in [0.3, 0.4) is 0 Å². The molecule has 5 atom stereocenters. The summed E-state index contributed by atoms with van der Waals surface area (Å²) in [5, 5.41) is 14.1. The molecular formula is C40H62O5Si2. The van der Waals surface area contributed by atoms with Crippen LogP contribution in [0.5, 0.6) is 0 Å². The van der Waals surface area contributed by atoms with Gasteiger partial charge in [0, 0.05) is 5.92 Å². The molecule has 0 saturated carbocycles. The molecule has 0 amide bonds. The molecule has 7 heteroatoms. The maximum Gasteiger partial charge on any atom is 0.261 e. The number of unbranched alkanes of at least 4 members (excludes halogenated alkanes) is 1. The third-order valence-electron chi connectivity index (χ3n) is 10.9. The molecule has 1 saturated heterocycles. The van der Waals surface area contributed by atoms with Crippen LogP contribution in [-0.4, -0.2) is 53.1 Å². The monoisotopic (exact) mass is 678 g/mol. The number of hydrogen-bond acceptors (Lipinski definition) is 5. The van der Waals surface area contributed by atoms with E-state index in [2.05, 4.69) is 148 Å². The Kier molecular flexibility index (Phi) is 12.1. The fourth-order valence-electron chi connectivity index (χ4n) is 6.96. The predicted molar refractivity (Wildman–Crippen MR) is 200 cm³/mol. The zero-order chi connectivity index (χ0) is 34.7. The van der Waals surface area contributed by atoms with Crippen molar-refractivity contribution in [3.8, 4) is 0 Å². The Bertz CT molecular complexity index is 1320. The van der Waals surface area contributed by atoms with E-state index >= 15 is 0 Å². The fraction of sp³-hybridized carbons (Fsp3) is 0.600. The Morgan fingerprint density at radius 1 is 0.936 bits per heavy atom. The van der Waals surface area contributed by atoms with Gasteiger partial charge in [0.25, 0.3) is 8.32 Å². The van der Waals surface area contributed by atoms with Gasteiger partial charge < -0.3 is 23.4 Å². The maximum absolute atomic E-state index is 11.5. The Labute approximate surface area is 288 Å². The van der Waals surface area contributed by atoms with Crippen molar-refractivity contribution in [1.82, 2.24) is 0 Å². The first-order valence-electron chi connectivity index (χ1n) is 17.7. The van der Waals surface area contributed by atoms with Gasteiger partial charge in [0.05, 0.1) is 13.2 Å². The van der Waals surface area contributed by atoms with Crippen molar-refractivity contribution in [3.63, 3.8) is 0 Å². The molecule has 0 radical (unpaired) electrons. The van der Waals surface area contributed by atoms with Crippen LogP contribution in [0.4, 0.5) is 0 Å². The van der Waals surface area contributed by atoms with E-state index in [0.717, 1.165) is 24.8 Å². The van der Waals surface area contributed by atoms with Crippen molar-refractivity contribution in [2.24, 2.45) is 11.8 Å². The summed E-state index contributed by atoms with van der Waals surface area (Å²) < 4.78 is 26.9. The molecule has 0 bridgehead atoms. The molecular weight excluding hydrogens is 617 g/mol. The molecule has 47 heavy (non-hydrogen) atoms. The largest absolute Gasteiger partial charge is 0.413 e. The zero-order valence-electron chi connectivity index (χ0n) is 31.1. The first kappa shape index (κ1) is 38.0. The minimum absolute atomic E-state index is 0.114. The van der Waals surface area contributed by atoms with Crippen molar-refractivity contribution in [1.29, 1.82) is 0 Å². The van der Waals surface area contributed by atoms with Crippen molar-refractivity contribution < 1.29 is 23.4 Å². The highest BCUT2D eigenvalue weighted by Gasteiger charge is 2.56. The lowest BCUT2D eigenvalue weighted by Crippen LogP contribution is -2.66. The van der Waals surface area contributed by atoms with E-state index in [1.165, 1.54) is 15.9 Å². The van der Waals surface area contributed by atoms with E-state index in [-0.39, 0.29) is 21.9 Å². The van der Waals surface area contributed by atoms with Crippen LogP contribution in [-0.2, 0) is 18.3 Å². The van der Waals surface area contributed by atoms with Crippen LogP contribution in [0.15, 0.2) is 84.0 Å². The zero-order valence-corrected chi connectivity index (χ0v) is 33.1. The second kappa shape index (κ2) is 15.0. The summed E-state index contributed by atoms with van der Waals surface area (Å²) >= 11 is 0. The standard InChI is InChI=1S/C40H62O5Si2/c1-12-13-24-36-44-37(41)40(45-36)27-31(3)32(26-33(40)25-30(2)28-42-46(10,11)38(4,5)6)29-43-47(39(7,8)9,34-20-16-14-17-21-34)35-22-18-15-19-23-35/h14-23,25-26,31,33,36-37,41H,12-13,24,27-29H2,1-11H3/b30-25+/t31-,33-,36-,37?,40-/m0/s1. The van der Waals surface area contributed by atoms with Gasteiger partial charge >= 0.3 is 0 Å². The summed E-state index contributed by atoms with van der Waals surface area (Å²) in [6.07, 6.45) is 6.66. The third kappa shape index (κ3) is 8.14. The summed E-state index contributed by atoms with van der Waals surface area (Å²) in [7, 11) is -4.66. The van der Waals surface area contributed by atoms with E-state index in [0.29, 0.717) is 19.6 Å². The number of benzene rings is 2. The Morgan fingerprint density at radius 3 is 2.02 bits per heavy atom. The molecule has 0 aromatic heterocycles. The third-order valence-corrected chi connectivity index (χ3v) is 20.3. The molecule has 2 aromatic carbocycles. The van der Waals surface area contributed by atoms with Crippen LogP contribution in [0, 0.1) is 11.8 Å². The van der Waals surface area contributed by atoms with Gasteiger partial charge in [0.15, 0.2) is 20.9 Å². The molecule has 1 N–H and O–H groups in total. The lowest BCUT2D eigenvalue weighted by atomic mass is 9.71. The normalized spacial score (nSPS) is 26.1. The second-order valence-electron chi connectivity index (χ2n) is 16.5. The van der Waals surface area contributed by atoms with Gasteiger partial charge in [-0.25, -0.2) is 0 Å². The number of hydrogen-bond donors (Lipinski definition) is 1. The van der Waals surface area contributed by atoms with E-state index in [4.69, 9.17) is 18.3 Å². The van der Waals surface area contributed by atoms with Gasteiger partial charge in [-0.1, -0.05) is 140 Å². The van der Waals surface area contributed by atoms with Crippen LogP contribution in [0.2, 0.25) is 23.2 Å². The molecule has 4 rings (SSSR count). The smallest absolute Gasteiger partial charge is 0.261 e. The molecule has 260 valence electrons. The summed E-state index contributed by atoms with van der Waals surface area (Å²) in [5.74, 6) is -0.0362. The number of ether oxygens (including phenoxy) is 2. The highest BCUT2D eigenvalue weighted by molar-refractivity contribution is 6.99. The molecule has 1 heterocycles. The highest BCUT2D eigenvalue weighted by Crippen LogP contribution is 2.48. The van der Waals surface area contributed by atoms with Crippen LogP contribution < -0.4 is 10.4 Å². The SMILES string of the molecule is CCCC[C@H]1OC(O)[C@@]2(C[C@H](C)C(CO[Si](c3ccccc3)(c3ccccc3)C(C)(C)C)=C[C@@H]2/C=C(\C)CO[Si](C)(C)C(C)(C)C)O1. The van der Waals surface area contributed by atoms with E-state index in [1.807, 2.05) is 0 Å². The Hall–Kier alpha value is -1.85. The number of aliphatic hydroxyl groups excluding tert-OH is 1. The van der Waals surface area contributed by atoms with Crippen molar-refractivity contribution in [3.05, 3.63) is 84.0 Å². The molecule has 2 aromatic rings. The van der Waals surface area contributed by atoms with E-state index < -0.39 is 34.8 Å². The predicted octanol–water partition coefficient (Wildman–Crippen LogP) is 8.73. The van der Waals surface area contributed by atoms with Crippen molar-refractivity contribution >= 4 is 27.0 Å². The van der Waals surface area contributed by atoms with Gasteiger partial charge in [-0.3, -0.25) is 0 Å². The van der Waals surface area contributed by atoms with Crippen LogP contribution in [0.1, 0.15) is 88.0 Å². The maximum atomic E-state index is 11.5. The molecule has 1 aliphatic heterocycles. The minimum Gasteiger partial charge on any atom is -0.413 e. The molecule has 2 aliphatic rings. The minimum atomic E-state index is -2.72. The highest BCUT2D eigenvalue weighted by atomic mass is 28.4. The van der Waals surface area contributed by atoms with Crippen LogP contribution >= 0.6 is 0 Å². The first-order valence-corrected chi connectivity index (χ1v) is 22.6. The number of rotatable bonds is 12. The lowest BCUT2D eigenvalue weighted by molar-refractivity contribution is -0.125. The number of aliphatic hydroxyl groups is 1. The van der Waals surface area contributed by atoms with E-state index in [9.17, 15) is 5.11 Å². The quantitative estimate of drug-likeness (QED) is 0.180. The summed E-state index contributed by atoms with van der Waals surface area (Å²) in [6.45, 7) is 26.0. The average Bonchev–Trinajstić information content (AvgIpc) is 3.32. The lowest BCUT2D eigenvalue weighted by Gasteiger charge is -2.45. The molecule has 1 fully saturated rings. The van der Waals surface area contributed by atoms with Crippen molar-refractivity contribution in [2.75, 3.05) is 13.2 Å². The summed E-state index contributed by atoms with van der Waals surface area (Å²) in [5.41, 5.74) is 1.54. The fourth-order valence-corrected chi connectivity index (χ4v) is 12.5. The first-order chi connectivity index (χ1) is 22.0. The van der Waals surface area contributed by atoms with Gasteiger partial charge in [0.1, 0.15) is 5.60 Å². The molecule has 5 nitrogen and oxygen atoms in total. The van der Waals surface area contributed by atoms with Gasteiger partial charge in [-0.2, -0.15) is 0 Å². The summed E-state index contributed by atoms with van der Waals surface area (Å²) in [6, 6.07) is 21.6. The van der Waals surface area contributed by atoms with E-state index in [1.54, 1.807) is 0 Å².